The highest BCUT2D eigenvalue weighted by molar-refractivity contribution is 5.72. The Morgan fingerprint density at radius 2 is 1.71 bits per heavy atom. The van der Waals surface area contributed by atoms with Crippen molar-refractivity contribution in [2.45, 2.75) is 12.2 Å². The molecule has 0 spiro atoms. The minimum Gasteiger partial charge on any atom is -0.386 e. The molecule has 0 bridgehead atoms. The van der Waals surface area contributed by atoms with Crippen LogP contribution in [0.15, 0.2) is 48.6 Å². The smallest absolute Gasteiger partial charge is 0.109 e. The number of rotatable bonds is 1. The molecule has 1 aromatic carbocycles. The third-order valence-electron chi connectivity index (χ3n) is 2.33. The zero-order chi connectivity index (χ0) is 9.97. The summed E-state index contributed by atoms with van der Waals surface area (Å²) in [6.45, 7) is 0. The Bertz CT molecular complexity index is 365. The summed E-state index contributed by atoms with van der Waals surface area (Å²) in [7, 11) is 0. The molecule has 0 fully saturated rings. The van der Waals surface area contributed by atoms with Crippen LogP contribution in [0.4, 0.5) is 0 Å². The van der Waals surface area contributed by atoms with Gasteiger partial charge in [0.2, 0.25) is 0 Å². The molecule has 0 saturated carbocycles. The Hall–Kier alpha value is -1.38. The van der Waals surface area contributed by atoms with Gasteiger partial charge in [-0.15, -0.1) is 0 Å². The summed E-state index contributed by atoms with van der Waals surface area (Å²) in [6.07, 6.45) is 3.56. The van der Waals surface area contributed by atoms with Gasteiger partial charge in [-0.05, 0) is 11.1 Å². The highest BCUT2D eigenvalue weighted by Crippen LogP contribution is 2.23. The van der Waals surface area contributed by atoms with E-state index in [1.54, 1.807) is 12.2 Å². The quantitative estimate of drug-likeness (QED) is 0.698. The second-order valence-electron chi connectivity index (χ2n) is 3.31. The van der Waals surface area contributed by atoms with Crippen molar-refractivity contribution in [3.05, 3.63) is 54.1 Å². The van der Waals surface area contributed by atoms with E-state index in [-0.39, 0.29) is 0 Å². The van der Waals surface area contributed by atoms with Gasteiger partial charge in [-0.2, -0.15) is 0 Å². The van der Waals surface area contributed by atoms with E-state index in [0.717, 1.165) is 11.1 Å². The van der Waals surface area contributed by atoms with Crippen molar-refractivity contribution >= 4 is 5.57 Å². The lowest BCUT2D eigenvalue weighted by atomic mass is 9.93. The average Bonchev–Trinajstić information content (AvgIpc) is 2.23. The van der Waals surface area contributed by atoms with Crippen molar-refractivity contribution in [2.75, 3.05) is 0 Å². The number of aliphatic hydroxyl groups excluding tert-OH is 2. The van der Waals surface area contributed by atoms with Gasteiger partial charge in [0.15, 0.2) is 0 Å². The van der Waals surface area contributed by atoms with E-state index in [1.807, 2.05) is 36.4 Å². The number of allylic oxidation sites excluding steroid dienone is 2. The average molecular weight is 188 g/mol. The molecule has 72 valence electrons. The summed E-state index contributed by atoms with van der Waals surface area (Å²) in [5, 5.41) is 19.2. The van der Waals surface area contributed by atoms with Crippen molar-refractivity contribution in [3.8, 4) is 0 Å². The van der Waals surface area contributed by atoms with E-state index in [2.05, 4.69) is 0 Å². The molecule has 1 aliphatic rings. The van der Waals surface area contributed by atoms with Gasteiger partial charge < -0.3 is 10.2 Å². The Morgan fingerprint density at radius 3 is 2.43 bits per heavy atom. The molecule has 0 saturated heterocycles. The fourth-order valence-electron chi connectivity index (χ4n) is 1.56. The lowest BCUT2D eigenvalue weighted by molar-refractivity contribution is 0.0859. The molecule has 14 heavy (non-hydrogen) atoms. The van der Waals surface area contributed by atoms with Crippen molar-refractivity contribution in [1.29, 1.82) is 0 Å². The van der Waals surface area contributed by atoms with E-state index >= 15 is 0 Å². The fraction of sp³-hybridized carbons (Fsp3) is 0.167. The maximum atomic E-state index is 9.72. The van der Waals surface area contributed by atoms with Crippen LogP contribution in [0.25, 0.3) is 5.57 Å². The molecule has 1 aromatic rings. The van der Waals surface area contributed by atoms with Crippen molar-refractivity contribution < 1.29 is 10.2 Å². The van der Waals surface area contributed by atoms with Crippen LogP contribution < -0.4 is 0 Å². The van der Waals surface area contributed by atoms with Gasteiger partial charge in [-0.1, -0.05) is 48.6 Å². The maximum Gasteiger partial charge on any atom is 0.109 e. The lowest BCUT2D eigenvalue weighted by Gasteiger charge is -2.21. The molecule has 1 aliphatic carbocycles. The molecule has 2 rings (SSSR count). The van der Waals surface area contributed by atoms with Crippen molar-refractivity contribution in [2.24, 2.45) is 0 Å². The van der Waals surface area contributed by atoms with Crippen LogP contribution >= 0.6 is 0 Å². The predicted octanol–water partition coefficient (Wildman–Crippen LogP) is 1.36. The first kappa shape index (κ1) is 9.19. The molecule has 2 atom stereocenters. The molecule has 0 radical (unpaired) electrons. The minimum absolute atomic E-state index is 0.764. The van der Waals surface area contributed by atoms with Crippen LogP contribution in [0, 0.1) is 0 Å². The Labute approximate surface area is 82.8 Å². The molecular weight excluding hydrogens is 176 g/mol. The molecule has 0 amide bonds. The third kappa shape index (κ3) is 1.62. The topological polar surface area (TPSA) is 40.5 Å². The van der Waals surface area contributed by atoms with Crippen LogP contribution in [-0.2, 0) is 0 Å². The molecular formula is C12H12O2. The standard InChI is InChI=1S/C12H12O2/c13-11-8-4-7-10(12(11)14)9-5-2-1-3-6-9/h1-8,11-14H/t11?,12-/m0/s1. The molecule has 2 N–H and O–H groups in total. The molecule has 0 heterocycles. The minimum atomic E-state index is -0.817. The molecule has 0 aliphatic heterocycles. The molecule has 2 nitrogen and oxygen atoms in total. The highest BCUT2D eigenvalue weighted by Gasteiger charge is 2.21. The first-order valence-electron chi connectivity index (χ1n) is 4.59. The van der Waals surface area contributed by atoms with Crippen LogP contribution in [-0.4, -0.2) is 22.4 Å². The molecule has 2 heteroatoms. The number of hydrogen-bond donors (Lipinski definition) is 2. The normalized spacial score (nSPS) is 26.0. The van der Waals surface area contributed by atoms with Crippen LogP contribution in [0.2, 0.25) is 0 Å². The predicted molar refractivity (Wildman–Crippen MR) is 55.6 cm³/mol. The SMILES string of the molecule is OC1C=CC=C(c2ccccc2)[C@@H]1O. The van der Waals surface area contributed by atoms with Crippen LogP contribution in [0.1, 0.15) is 5.56 Å². The summed E-state index contributed by atoms with van der Waals surface area (Å²) >= 11 is 0. The first-order valence-corrected chi connectivity index (χ1v) is 4.59. The number of aliphatic hydroxyl groups is 2. The summed E-state index contributed by atoms with van der Waals surface area (Å²) in [5.41, 5.74) is 1.71. The third-order valence-corrected chi connectivity index (χ3v) is 2.33. The van der Waals surface area contributed by atoms with E-state index in [9.17, 15) is 10.2 Å². The van der Waals surface area contributed by atoms with E-state index in [4.69, 9.17) is 0 Å². The van der Waals surface area contributed by atoms with Crippen LogP contribution in [0.5, 0.6) is 0 Å². The largest absolute Gasteiger partial charge is 0.386 e. The highest BCUT2D eigenvalue weighted by atomic mass is 16.3. The zero-order valence-electron chi connectivity index (χ0n) is 7.67. The van der Waals surface area contributed by atoms with Gasteiger partial charge in [0.25, 0.3) is 0 Å². The van der Waals surface area contributed by atoms with Gasteiger partial charge in [-0.25, -0.2) is 0 Å². The second-order valence-corrected chi connectivity index (χ2v) is 3.31. The summed E-state index contributed by atoms with van der Waals surface area (Å²) in [5.74, 6) is 0. The van der Waals surface area contributed by atoms with E-state index in [0.29, 0.717) is 0 Å². The fourth-order valence-corrected chi connectivity index (χ4v) is 1.56. The maximum absolute atomic E-state index is 9.72. The van der Waals surface area contributed by atoms with Gasteiger partial charge >= 0.3 is 0 Å². The number of hydrogen-bond acceptors (Lipinski definition) is 2. The Kier molecular flexibility index (Phi) is 2.48. The second kappa shape index (κ2) is 3.78. The van der Waals surface area contributed by atoms with Crippen LogP contribution in [0.3, 0.4) is 0 Å². The van der Waals surface area contributed by atoms with Gasteiger partial charge in [0, 0.05) is 0 Å². The Balaban J connectivity index is 2.35. The monoisotopic (exact) mass is 188 g/mol. The lowest BCUT2D eigenvalue weighted by Crippen LogP contribution is -2.26. The summed E-state index contributed by atoms with van der Waals surface area (Å²) in [4.78, 5) is 0. The first-order chi connectivity index (χ1) is 6.79. The molecule has 1 unspecified atom stereocenters. The molecule has 0 aromatic heterocycles. The summed E-state index contributed by atoms with van der Waals surface area (Å²) < 4.78 is 0. The zero-order valence-corrected chi connectivity index (χ0v) is 7.67. The van der Waals surface area contributed by atoms with Crippen molar-refractivity contribution in [3.63, 3.8) is 0 Å². The summed E-state index contributed by atoms with van der Waals surface area (Å²) in [6, 6.07) is 9.58. The number of benzene rings is 1. The van der Waals surface area contributed by atoms with E-state index in [1.165, 1.54) is 0 Å². The van der Waals surface area contributed by atoms with Gasteiger partial charge in [-0.3, -0.25) is 0 Å². The van der Waals surface area contributed by atoms with Gasteiger partial charge in [0.05, 0.1) is 0 Å². The van der Waals surface area contributed by atoms with Gasteiger partial charge in [0.1, 0.15) is 12.2 Å². The van der Waals surface area contributed by atoms with Crippen molar-refractivity contribution in [1.82, 2.24) is 0 Å². The van der Waals surface area contributed by atoms with E-state index < -0.39 is 12.2 Å². The Morgan fingerprint density at radius 1 is 1.00 bits per heavy atom.